The van der Waals surface area contributed by atoms with Crippen LogP contribution in [-0.2, 0) is 6.42 Å². The van der Waals surface area contributed by atoms with E-state index in [9.17, 15) is 0 Å². The maximum absolute atomic E-state index is 6.32. The molecule has 1 saturated heterocycles. The van der Waals surface area contributed by atoms with Crippen LogP contribution in [0.1, 0.15) is 51.0 Å². The highest BCUT2D eigenvalue weighted by atomic mass is 35.5. The van der Waals surface area contributed by atoms with Crippen molar-refractivity contribution in [3.63, 3.8) is 0 Å². The molecule has 0 aromatic heterocycles. The molecule has 1 aliphatic heterocycles. The lowest BCUT2D eigenvalue weighted by Crippen LogP contribution is -2.46. The van der Waals surface area contributed by atoms with Gasteiger partial charge in [0.05, 0.1) is 0 Å². The second kappa shape index (κ2) is 6.58. The Labute approximate surface area is 116 Å². The van der Waals surface area contributed by atoms with Gasteiger partial charge in [0, 0.05) is 10.6 Å². The first kappa shape index (κ1) is 13.9. The van der Waals surface area contributed by atoms with Crippen molar-refractivity contribution in [3.05, 3.63) is 34.9 Å². The van der Waals surface area contributed by atoms with E-state index >= 15 is 0 Å². The van der Waals surface area contributed by atoms with Crippen molar-refractivity contribution in [1.29, 1.82) is 0 Å². The Kier molecular flexibility index (Phi) is 5.08. The summed E-state index contributed by atoms with van der Waals surface area (Å²) >= 11 is 6.32. The van der Waals surface area contributed by atoms with Crippen LogP contribution >= 0.6 is 11.6 Å². The van der Waals surface area contributed by atoms with Crippen LogP contribution in [0.3, 0.4) is 0 Å². The van der Waals surface area contributed by atoms with E-state index in [-0.39, 0.29) is 5.54 Å². The van der Waals surface area contributed by atoms with Crippen LogP contribution in [0.25, 0.3) is 0 Å². The Balaban J connectivity index is 2.16. The summed E-state index contributed by atoms with van der Waals surface area (Å²) in [6.45, 7) is 3.44. The molecule has 1 heterocycles. The van der Waals surface area contributed by atoms with E-state index in [0.717, 1.165) is 18.0 Å². The minimum absolute atomic E-state index is 0.274. The Morgan fingerprint density at radius 2 is 2.06 bits per heavy atom. The summed E-state index contributed by atoms with van der Waals surface area (Å²) in [5.74, 6) is 0. The summed E-state index contributed by atoms with van der Waals surface area (Å²) in [6, 6.07) is 8.29. The van der Waals surface area contributed by atoms with Crippen molar-refractivity contribution in [1.82, 2.24) is 5.32 Å². The molecule has 18 heavy (non-hydrogen) atoms. The normalized spacial score (nSPS) is 24.8. The van der Waals surface area contributed by atoms with Crippen molar-refractivity contribution in [2.24, 2.45) is 0 Å². The molecule has 1 aromatic carbocycles. The first-order valence-electron chi connectivity index (χ1n) is 7.24. The van der Waals surface area contributed by atoms with Crippen LogP contribution in [0.5, 0.6) is 0 Å². The summed E-state index contributed by atoms with van der Waals surface area (Å²) in [6.07, 6.45) is 8.86. The first-order valence-corrected chi connectivity index (χ1v) is 7.62. The van der Waals surface area contributed by atoms with Crippen LogP contribution in [0, 0.1) is 0 Å². The quantitative estimate of drug-likeness (QED) is 0.840. The van der Waals surface area contributed by atoms with Gasteiger partial charge in [-0.15, -0.1) is 0 Å². The minimum atomic E-state index is 0.274. The summed E-state index contributed by atoms with van der Waals surface area (Å²) in [7, 11) is 0. The highest BCUT2D eigenvalue weighted by molar-refractivity contribution is 6.31. The highest BCUT2D eigenvalue weighted by Crippen LogP contribution is 2.30. The van der Waals surface area contributed by atoms with Crippen molar-refractivity contribution >= 4 is 11.6 Å². The molecule has 1 aliphatic rings. The third-order valence-corrected chi connectivity index (χ3v) is 4.42. The highest BCUT2D eigenvalue weighted by Gasteiger charge is 2.30. The van der Waals surface area contributed by atoms with Gasteiger partial charge in [-0.05, 0) is 43.9 Å². The smallest absolute Gasteiger partial charge is 0.0438 e. The van der Waals surface area contributed by atoms with Crippen molar-refractivity contribution < 1.29 is 0 Å². The average Bonchev–Trinajstić information content (AvgIpc) is 2.59. The van der Waals surface area contributed by atoms with E-state index in [1.54, 1.807) is 0 Å². The van der Waals surface area contributed by atoms with Gasteiger partial charge in [-0.1, -0.05) is 56.0 Å². The third kappa shape index (κ3) is 3.49. The van der Waals surface area contributed by atoms with E-state index in [2.05, 4.69) is 24.4 Å². The number of hydrogen-bond donors (Lipinski definition) is 1. The fraction of sp³-hybridized carbons (Fsp3) is 0.625. The SMILES string of the molecule is CCCC1(Cc2ccccc2Cl)CCCCCN1. The van der Waals surface area contributed by atoms with E-state index in [4.69, 9.17) is 11.6 Å². The third-order valence-electron chi connectivity index (χ3n) is 4.05. The molecular weight excluding hydrogens is 242 g/mol. The molecule has 1 nitrogen and oxygen atoms in total. The van der Waals surface area contributed by atoms with Crippen LogP contribution in [-0.4, -0.2) is 12.1 Å². The molecule has 1 unspecified atom stereocenters. The zero-order chi connectivity index (χ0) is 12.8. The lowest BCUT2D eigenvalue weighted by molar-refractivity contribution is 0.288. The van der Waals surface area contributed by atoms with Gasteiger partial charge in [0.1, 0.15) is 0 Å². The zero-order valence-corrected chi connectivity index (χ0v) is 12.1. The fourth-order valence-corrected chi connectivity index (χ4v) is 3.35. The predicted octanol–water partition coefficient (Wildman–Crippen LogP) is 4.59. The molecule has 2 heteroatoms. The number of benzene rings is 1. The van der Waals surface area contributed by atoms with E-state index < -0.39 is 0 Å². The minimum Gasteiger partial charge on any atom is -0.311 e. The van der Waals surface area contributed by atoms with Gasteiger partial charge in [0.2, 0.25) is 0 Å². The standard InChI is InChI=1S/C16H24ClN/c1-2-10-16(11-6-3-7-12-18-16)13-14-8-4-5-9-15(14)17/h4-5,8-9,18H,2-3,6-7,10-13H2,1H3. The molecule has 1 fully saturated rings. The summed E-state index contributed by atoms with van der Waals surface area (Å²) in [5.41, 5.74) is 1.57. The Bertz CT molecular complexity index is 367. The van der Waals surface area contributed by atoms with Gasteiger partial charge >= 0.3 is 0 Å². The molecule has 0 spiro atoms. The molecule has 0 saturated carbocycles. The molecule has 0 amide bonds. The summed E-state index contributed by atoms with van der Waals surface area (Å²) < 4.78 is 0. The van der Waals surface area contributed by atoms with Crippen LogP contribution in [0.2, 0.25) is 5.02 Å². The van der Waals surface area contributed by atoms with Crippen LogP contribution in [0.15, 0.2) is 24.3 Å². The number of halogens is 1. The monoisotopic (exact) mass is 265 g/mol. The Morgan fingerprint density at radius 3 is 2.83 bits per heavy atom. The maximum atomic E-state index is 6.32. The number of nitrogens with one attached hydrogen (secondary N) is 1. The largest absolute Gasteiger partial charge is 0.311 e. The van der Waals surface area contributed by atoms with E-state index in [1.807, 2.05) is 12.1 Å². The van der Waals surface area contributed by atoms with Crippen LogP contribution < -0.4 is 5.32 Å². The van der Waals surface area contributed by atoms with Gasteiger partial charge in [0.15, 0.2) is 0 Å². The topological polar surface area (TPSA) is 12.0 Å². The van der Waals surface area contributed by atoms with Crippen molar-refractivity contribution in [3.8, 4) is 0 Å². The van der Waals surface area contributed by atoms with Crippen LogP contribution in [0.4, 0.5) is 0 Å². The van der Waals surface area contributed by atoms with Gasteiger partial charge in [0.25, 0.3) is 0 Å². The molecule has 0 aliphatic carbocycles. The van der Waals surface area contributed by atoms with Crippen molar-refractivity contribution in [2.45, 2.75) is 57.4 Å². The Morgan fingerprint density at radius 1 is 1.22 bits per heavy atom. The van der Waals surface area contributed by atoms with E-state index in [0.29, 0.717) is 0 Å². The van der Waals surface area contributed by atoms with Gasteiger partial charge in [-0.2, -0.15) is 0 Å². The zero-order valence-electron chi connectivity index (χ0n) is 11.3. The second-order valence-corrected chi connectivity index (χ2v) is 5.94. The Hall–Kier alpha value is -0.530. The van der Waals surface area contributed by atoms with Gasteiger partial charge in [-0.3, -0.25) is 0 Å². The molecular formula is C16H24ClN. The van der Waals surface area contributed by atoms with Gasteiger partial charge in [-0.25, -0.2) is 0 Å². The second-order valence-electron chi connectivity index (χ2n) is 5.54. The summed E-state index contributed by atoms with van der Waals surface area (Å²) in [5, 5.41) is 4.73. The van der Waals surface area contributed by atoms with Gasteiger partial charge < -0.3 is 5.32 Å². The molecule has 1 aromatic rings. The molecule has 1 N–H and O–H groups in total. The fourth-order valence-electron chi connectivity index (χ4n) is 3.14. The molecule has 0 bridgehead atoms. The molecule has 0 radical (unpaired) electrons. The van der Waals surface area contributed by atoms with E-state index in [1.165, 1.54) is 44.1 Å². The van der Waals surface area contributed by atoms with Crippen molar-refractivity contribution in [2.75, 3.05) is 6.54 Å². The average molecular weight is 266 g/mol. The molecule has 100 valence electrons. The number of hydrogen-bond acceptors (Lipinski definition) is 1. The summed E-state index contributed by atoms with van der Waals surface area (Å²) in [4.78, 5) is 0. The maximum Gasteiger partial charge on any atom is 0.0438 e. The lowest BCUT2D eigenvalue weighted by atomic mass is 9.83. The number of rotatable bonds is 4. The lowest BCUT2D eigenvalue weighted by Gasteiger charge is -2.34. The first-order chi connectivity index (χ1) is 8.76. The predicted molar refractivity (Wildman–Crippen MR) is 79.3 cm³/mol. The molecule has 1 atom stereocenters. The molecule has 2 rings (SSSR count).